The summed E-state index contributed by atoms with van der Waals surface area (Å²) in [6, 6.07) is 4.34. The smallest absolute Gasteiger partial charge is 0.254 e. The molecular weight excluding hydrogens is 279 g/mol. The standard InChI is InChI=1S/C15H21FN2O.ClH/c1-11-9-13(16)4-5-14(11)15(19)18-8-2-3-12(10-18)6-7-17;/h4-5,9,12H,2-3,6-8,10,17H2,1H3;1H. The van der Waals surface area contributed by atoms with E-state index in [4.69, 9.17) is 5.73 Å². The topological polar surface area (TPSA) is 46.3 Å². The van der Waals surface area contributed by atoms with Gasteiger partial charge in [0.15, 0.2) is 0 Å². The molecule has 0 saturated carbocycles. The van der Waals surface area contributed by atoms with Crippen LogP contribution in [0, 0.1) is 18.7 Å². The van der Waals surface area contributed by atoms with Crippen LogP contribution in [0.3, 0.4) is 0 Å². The molecule has 1 fully saturated rings. The predicted molar refractivity (Wildman–Crippen MR) is 80.7 cm³/mol. The third-order valence-electron chi connectivity index (χ3n) is 3.80. The van der Waals surface area contributed by atoms with Crippen molar-refractivity contribution in [3.05, 3.63) is 35.1 Å². The molecule has 1 aliphatic heterocycles. The second-order valence-corrected chi connectivity index (χ2v) is 5.30. The normalized spacial score (nSPS) is 18.6. The lowest BCUT2D eigenvalue weighted by Crippen LogP contribution is -2.40. The van der Waals surface area contributed by atoms with Crippen LogP contribution in [0.4, 0.5) is 4.39 Å². The Bertz CT molecular complexity index is 465. The van der Waals surface area contributed by atoms with Gasteiger partial charge in [-0.15, -0.1) is 12.4 Å². The third kappa shape index (κ3) is 3.93. The first kappa shape index (κ1) is 16.9. The SMILES string of the molecule is Cc1cc(F)ccc1C(=O)N1CCCC(CCN)C1.Cl. The number of halogens is 2. The molecule has 0 radical (unpaired) electrons. The van der Waals surface area contributed by atoms with E-state index in [9.17, 15) is 9.18 Å². The molecule has 3 nitrogen and oxygen atoms in total. The summed E-state index contributed by atoms with van der Waals surface area (Å²) in [4.78, 5) is 14.3. The van der Waals surface area contributed by atoms with Gasteiger partial charge in [-0.3, -0.25) is 4.79 Å². The lowest BCUT2D eigenvalue weighted by Gasteiger charge is -2.33. The number of carbonyl (C=O) groups is 1. The lowest BCUT2D eigenvalue weighted by atomic mass is 9.94. The number of nitrogens with zero attached hydrogens (tertiary/aromatic N) is 1. The van der Waals surface area contributed by atoms with Crippen molar-refractivity contribution in [3.63, 3.8) is 0 Å². The van der Waals surface area contributed by atoms with Gasteiger partial charge in [0.1, 0.15) is 5.82 Å². The Labute approximate surface area is 125 Å². The molecule has 0 aromatic heterocycles. The molecule has 1 amide bonds. The summed E-state index contributed by atoms with van der Waals surface area (Å²) in [5.74, 6) is 0.219. The van der Waals surface area contributed by atoms with Gasteiger partial charge in [0.2, 0.25) is 0 Å². The molecular formula is C15H22ClFN2O. The first-order chi connectivity index (χ1) is 9.11. The zero-order chi connectivity index (χ0) is 13.8. The molecule has 0 spiro atoms. The molecule has 1 aromatic carbocycles. The quantitative estimate of drug-likeness (QED) is 0.933. The van der Waals surface area contributed by atoms with E-state index >= 15 is 0 Å². The van der Waals surface area contributed by atoms with Crippen LogP contribution in [0.2, 0.25) is 0 Å². The molecule has 5 heteroatoms. The fraction of sp³-hybridized carbons (Fsp3) is 0.533. The molecule has 20 heavy (non-hydrogen) atoms. The maximum atomic E-state index is 13.1. The number of likely N-dealkylation sites (tertiary alicyclic amines) is 1. The van der Waals surface area contributed by atoms with Crippen molar-refractivity contribution in [2.45, 2.75) is 26.2 Å². The highest BCUT2D eigenvalue weighted by Gasteiger charge is 2.24. The first-order valence-corrected chi connectivity index (χ1v) is 6.87. The van der Waals surface area contributed by atoms with E-state index in [1.165, 1.54) is 12.1 Å². The summed E-state index contributed by atoms with van der Waals surface area (Å²) >= 11 is 0. The first-order valence-electron chi connectivity index (χ1n) is 6.87. The highest BCUT2D eigenvalue weighted by Crippen LogP contribution is 2.22. The van der Waals surface area contributed by atoms with Gasteiger partial charge in [0.25, 0.3) is 5.91 Å². The molecule has 1 aliphatic rings. The van der Waals surface area contributed by atoms with E-state index < -0.39 is 0 Å². The Morgan fingerprint density at radius 3 is 2.90 bits per heavy atom. The molecule has 0 aliphatic carbocycles. The van der Waals surface area contributed by atoms with Crippen molar-refractivity contribution in [1.29, 1.82) is 0 Å². The van der Waals surface area contributed by atoms with E-state index in [2.05, 4.69) is 0 Å². The fourth-order valence-electron chi connectivity index (χ4n) is 2.76. The van der Waals surface area contributed by atoms with E-state index in [1.54, 1.807) is 13.0 Å². The zero-order valence-corrected chi connectivity index (χ0v) is 12.6. The van der Waals surface area contributed by atoms with Crippen LogP contribution in [0.25, 0.3) is 0 Å². The Balaban J connectivity index is 0.00000200. The van der Waals surface area contributed by atoms with Crippen LogP contribution in [0.5, 0.6) is 0 Å². The summed E-state index contributed by atoms with van der Waals surface area (Å²) in [5.41, 5.74) is 6.89. The molecule has 1 atom stereocenters. The zero-order valence-electron chi connectivity index (χ0n) is 11.8. The van der Waals surface area contributed by atoms with Gasteiger partial charge in [-0.25, -0.2) is 4.39 Å². The van der Waals surface area contributed by atoms with Gasteiger partial charge < -0.3 is 10.6 Å². The number of hydrogen-bond acceptors (Lipinski definition) is 2. The van der Waals surface area contributed by atoms with Crippen LogP contribution in [-0.4, -0.2) is 30.4 Å². The van der Waals surface area contributed by atoms with Crippen molar-refractivity contribution in [2.24, 2.45) is 11.7 Å². The predicted octanol–water partition coefficient (Wildman–Crippen LogP) is 2.76. The van der Waals surface area contributed by atoms with E-state index in [-0.39, 0.29) is 24.1 Å². The van der Waals surface area contributed by atoms with Gasteiger partial charge in [0, 0.05) is 18.7 Å². The van der Waals surface area contributed by atoms with Gasteiger partial charge in [-0.1, -0.05) is 0 Å². The average molecular weight is 301 g/mol. The van der Waals surface area contributed by atoms with E-state index in [1.807, 2.05) is 4.90 Å². The summed E-state index contributed by atoms with van der Waals surface area (Å²) in [6.07, 6.45) is 3.13. The second-order valence-electron chi connectivity index (χ2n) is 5.30. The second kappa shape index (κ2) is 7.60. The molecule has 112 valence electrons. The maximum absolute atomic E-state index is 13.1. The van der Waals surface area contributed by atoms with E-state index in [0.29, 0.717) is 23.6 Å². The Morgan fingerprint density at radius 2 is 2.25 bits per heavy atom. The van der Waals surface area contributed by atoms with Crippen molar-refractivity contribution in [1.82, 2.24) is 4.90 Å². The minimum absolute atomic E-state index is 0. The third-order valence-corrected chi connectivity index (χ3v) is 3.80. The Morgan fingerprint density at radius 1 is 1.50 bits per heavy atom. The van der Waals surface area contributed by atoms with Crippen molar-refractivity contribution < 1.29 is 9.18 Å². The molecule has 1 aromatic rings. The van der Waals surface area contributed by atoms with Gasteiger partial charge >= 0.3 is 0 Å². The molecule has 0 bridgehead atoms. The van der Waals surface area contributed by atoms with Crippen LogP contribution >= 0.6 is 12.4 Å². The van der Waals surface area contributed by atoms with Crippen LogP contribution < -0.4 is 5.73 Å². The monoisotopic (exact) mass is 300 g/mol. The minimum Gasteiger partial charge on any atom is -0.338 e. The average Bonchev–Trinajstić information content (AvgIpc) is 2.39. The van der Waals surface area contributed by atoms with Crippen LogP contribution in [-0.2, 0) is 0 Å². The Kier molecular flexibility index (Phi) is 6.43. The molecule has 1 unspecified atom stereocenters. The Hall–Kier alpha value is -1.13. The van der Waals surface area contributed by atoms with Crippen LogP contribution in [0.1, 0.15) is 35.2 Å². The summed E-state index contributed by atoms with van der Waals surface area (Å²) in [5, 5.41) is 0. The summed E-state index contributed by atoms with van der Waals surface area (Å²) in [6.45, 7) is 4.00. The van der Waals surface area contributed by atoms with Gasteiger partial charge in [-0.05, 0) is 62.4 Å². The minimum atomic E-state index is -0.297. The molecule has 2 N–H and O–H groups in total. The van der Waals surface area contributed by atoms with Crippen LogP contribution in [0.15, 0.2) is 18.2 Å². The maximum Gasteiger partial charge on any atom is 0.254 e. The number of piperidine rings is 1. The number of amides is 1. The molecule has 1 saturated heterocycles. The lowest BCUT2D eigenvalue weighted by molar-refractivity contribution is 0.0668. The fourth-order valence-corrected chi connectivity index (χ4v) is 2.76. The summed E-state index contributed by atoms with van der Waals surface area (Å²) in [7, 11) is 0. The largest absolute Gasteiger partial charge is 0.338 e. The summed E-state index contributed by atoms with van der Waals surface area (Å²) < 4.78 is 13.1. The number of benzene rings is 1. The number of aryl methyl sites for hydroxylation is 1. The van der Waals surface area contributed by atoms with Crippen molar-refractivity contribution >= 4 is 18.3 Å². The van der Waals surface area contributed by atoms with Crippen molar-refractivity contribution in [3.8, 4) is 0 Å². The van der Waals surface area contributed by atoms with Gasteiger partial charge in [0.05, 0.1) is 0 Å². The van der Waals surface area contributed by atoms with Gasteiger partial charge in [-0.2, -0.15) is 0 Å². The van der Waals surface area contributed by atoms with Crippen molar-refractivity contribution in [2.75, 3.05) is 19.6 Å². The number of nitrogens with two attached hydrogens (primary N) is 1. The number of carbonyl (C=O) groups excluding carboxylic acids is 1. The highest BCUT2D eigenvalue weighted by atomic mass is 35.5. The molecule has 2 rings (SSSR count). The number of hydrogen-bond donors (Lipinski definition) is 1. The van der Waals surface area contributed by atoms with E-state index in [0.717, 1.165) is 32.4 Å². The highest BCUT2D eigenvalue weighted by molar-refractivity contribution is 5.95. The molecule has 1 heterocycles. The number of rotatable bonds is 3.